The second-order valence-electron chi connectivity index (χ2n) is 3.55. The van der Waals surface area contributed by atoms with Gasteiger partial charge >= 0.3 is 65.3 Å². The van der Waals surface area contributed by atoms with Gasteiger partial charge in [0.05, 0.1) is 0 Å². The van der Waals surface area contributed by atoms with Gasteiger partial charge in [0.1, 0.15) is 0 Å². The summed E-state index contributed by atoms with van der Waals surface area (Å²) in [5.74, 6) is 1.86. The van der Waals surface area contributed by atoms with E-state index in [2.05, 4.69) is 29.1 Å². The van der Waals surface area contributed by atoms with E-state index in [4.69, 9.17) is 5.48 Å². The quantitative estimate of drug-likeness (QED) is 0.580. The van der Waals surface area contributed by atoms with Crippen LogP contribution in [0.2, 0.25) is 10.6 Å². The molecular formula is C8H19AlO. The van der Waals surface area contributed by atoms with Crippen molar-refractivity contribution in [3.8, 4) is 0 Å². The molecule has 0 aromatic carbocycles. The van der Waals surface area contributed by atoms with Gasteiger partial charge in [-0.3, -0.25) is 0 Å². The zero-order valence-corrected chi connectivity index (χ0v) is 8.71. The molecule has 0 bridgehead atoms. The van der Waals surface area contributed by atoms with E-state index in [9.17, 15) is 0 Å². The van der Waals surface area contributed by atoms with Crippen molar-refractivity contribution in [2.24, 2.45) is 11.8 Å². The van der Waals surface area contributed by atoms with E-state index in [1.54, 1.807) is 0 Å². The van der Waals surface area contributed by atoms with Crippen LogP contribution in [0.25, 0.3) is 0 Å². The molecule has 0 unspecified atom stereocenters. The first-order valence-corrected chi connectivity index (χ1v) is 5.58. The fourth-order valence-electron chi connectivity index (χ4n) is 0.763. The Morgan fingerprint density at radius 1 is 1.10 bits per heavy atom. The van der Waals surface area contributed by atoms with Crippen LogP contribution in [0.4, 0.5) is 0 Å². The minimum absolute atomic E-state index is 0.755. The number of hydrogen-bond donors (Lipinski definition) is 0. The van der Waals surface area contributed by atoms with Crippen molar-refractivity contribution in [1.82, 2.24) is 0 Å². The Bertz CT molecular complexity index is 59.1. The van der Waals surface area contributed by atoms with Gasteiger partial charge in [0.15, 0.2) is 0 Å². The van der Waals surface area contributed by atoms with Gasteiger partial charge in [-0.05, 0) is 0 Å². The van der Waals surface area contributed by atoms with Crippen LogP contribution in [0.15, 0.2) is 0 Å². The zero-order valence-electron chi connectivity index (χ0n) is 8.55. The molecule has 0 radical (unpaired) electrons. The molecule has 0 aromatic heterocycles. The molecule has 0 aliphatic rings. The van der Waals surface area contributed by atoms with E-state index in [1.165, 1.54) is 10.6 Å². The van der Waals surface area contributed by atoms with Crippen LogP contribution in [0.3, 0.4) is 0 Å². The maximum Gasteiger partial charge on any atom is -0.130 e. The molecule has 0 aromatic rings. The molecule has 0 fully saturated rings. The Morgan fingerprint density at radius 2 is 1.40 bits per heavy atom. The molecule has 0 heterocycles. The van der Waals surface area contributed by atoms with Gasteiger partial charge in [-0.2, -0.15) is 0 Å². The predicted octanol–water partition coefficient (Wildman–Crippen LogP) is 2.66. The van der Waals surface area contributed by atoms with Gasteiger partial charge in [0, 0.05) is 0 Å². The first-order valence-electron chi connectivity index (χ1n) is 4.35. The van der Waals surface area contributed by atoms with E-state index >= 15 is 0 Å². The maximum absolute atomic E-state index is 7.50. The summed E-state index contributed by atoms with van der Waals surface area (Å²) in [6.07, 6.45) is 0. The van der Waals surface area contributed by atoms with Crippen molar-refractivity contribution in [3.05, 3.63) is 0 Å². The summed E-state index contributed by atoms with van der Waals surface area (Å²) < 4.78 is 4.50. The predicted molar refractivity (Wildman–Crippen MR) is 47.0 cm³/mol. The number of rotatable bonds is 4. The molecule has 10 heavy (non-hydrogen) atoms. The standard InChI is InChI=1S/2C4H9.Al.H2O/c2*1-4(2)3;;/h2*4H,1H2,2-3H3;;1H2/q;;+1;/p-1/i/hD. The summed E-state index contributed by atoms with van der Waals surface area (Å²) in [6, 6.07) is 0. The van der Waals surface area contributed by atoms with Crippen LogP contribution < -0.4 is 0 Å². The Balaban J connectivity index is 0. The third-order valence-corrected chi connectivity index (χ3v) is 3.83. The van der Waals surface area contributed by atoms with Crippen molar-refractivity contribution < 1.29 is 6.91 Å². The summed E-state index contributed by atoms with van der Waals surface area (Å²) in [5, 5.41) is 2.97. The molecule has 1 nitrogen and oxygen atoms in total. The van der Waals surface area contributed by atoms with Crippen LogP contribution in [-0.2, 0) is 0 Å². The largest absolute Gasteiger partial charge is 0.870 e. The number of hydrogen-bond acceptors (Lipinski definition) is 1. The summed E-state index contributed by atoms with van der Waals surface area (Å²) in [7, 11) is 0. The van der Waals surface area contributed by atoms with Gasteiger partial charge in [-0.1, -0.05) is 0 Å². The fraction of sp³-hybridized carbons (Fsp3) is 1.00. The second-order valence-corrected chi connectivity index (χ2v) is 5.07. The minimum Gasteiger partial charge on any atom is -0.870 e. The molecule has 0 spiro atoms. The fourth-order valence-corrected chi connectivity index (χ4v) is 2.29. The van der Waals surface area contributed by atoms with Crippen molar-refractivity contribution in [3.63, 3.8) is 0 Å². The topological polar surface area (TPSA) is 30.0 Å². The molecule has 0 aliphatic carbocycles. The molecule has 0 saturated heterocycles. The van der Waals surface area contributed by atoms with E-state index in [0.717, 1.165) is 27.1 Å². The molecule has 1 N–H and O–H groups in total. The smallest absolute Gasteiger partial charge is 0.130 e. The van der Waals surface area contributed by atoms with E-state index in [0.29, 0.717) is 0 Å². The Kier molecular flexibility index (Phi) is 7.97. The Morgan fingerprint density at radius 3 is 1.60 bits per heavy atom. The molecule has 0 saturated carbocycles. The summed E-state index contributed by atoms with van der Waals surface area (Å²) in [6.45, 7) is 9.25. The van der Waals surface area contributed by atoms with Gasteiger partial charge in [0.2, 0.25) is 0 Å². The van der Waals surface area contributed by atoms with Crippen LogP contribution in [-0.4, -0.2) is 20.7 Å². The monoisotopic (exact) mass is 159 g/mol. The van der Waals surface area contributed by atoms with Gasteiger partial charge in [-0.25, -0.2) is 0 Å². The first kappa shape index (κ1) is 10.5. The molecule has 0 amide bonds. The van der Waals surface area contributed by atoms with Crippen molar-refractivity contribution in [2.75, 3.05) is 0 Å². The van der Waals surface area contributed by atoms with Crippen LogP contribution >= 0.6 is 0 Å². The Hall–Kier alpha value is 0.492. The van der Waals surface area contributed by atoms with E-state index < -0.39 is 0 Å². The van der Waals surface area contributed by atoms with Crippen molar-refractivity contribution in [1.29, 1.82) is 0 Å². The van der Waals surface area contributed by atoms with Crippen molar-refractivity contribution >= 4 is 15.2 Å². The summed E-state index contributed by atoms with van der Waals surface area (Å²) in [4.78, 5) is 0. The summed E-state index contributed by atoms with van der Waals surface area (Å²) >= 11 is 0.755. The third-order valence-electron chi connectivity index (χ3n) is 1.28. The maximum atomic E-state index is 7.50. The average Bonchev–Trinajstić information content (AvgIpc) is 1.90. The average molecular weight is 159 g/mol. The van der Waals surface area contributed by atoms with Crippen molar-refractivity contribution in [2.45, 2.75) is 38.3 Å². The molecule has 60 valence electrons. The normalized spacial score (nSPS) is 10.1. The minimum atomic E-state index is 0.755. The Labute approximate surface area is 72.7 Å². The van der Waals surface area contributed by atoms with Crippen LogP contribution in [0.5, 0.6) is 0 Å². The van der Waals surface area contributed by atoms with Gasteiger partial charge in [0.25, 0.3) is 0 Å². The molecular weight excluding hydrogens is 139 g/mol. The first-order chi connectivity index (χ1) is 5.13. The van der Waals surface area contributed by atoms with E-state index in [1.807, 2.05) is 0 Å². The SMILES string of the molecule is CC(C)[CH2][Al+][CH2]C(C)C.[2H][O-]. The van der Waals surface area contributed by atoms with E-state index in [-0.39, 0.29) is 0 Å². The molecule has 0 atom stereocenters. The zero-order chi connectivity index (χ0) is 9.28. The molecule has 0 rings (SSSR count). The second kappa shape index (κ2) is 7.60. The summed E-state index contributed by atoms with van der Waals surface area (Å²) in [5.41, 5.74) is 7.50. The third kappa shape index (κ3) is 11.3. The van der Waals surface area contributed by atoms with Gasteiger partial charge < -0.3 is 5.48 Å². The van der Waals surface area contributed by atoms with Crippen LogP contribution in [0, 0.1) is 11.8 Å². The van der Waals surface area contributed by atoms with Crippen LogP contribution in [0.1, 0.15) is 29.1 Å². The molecule has 0 aliphatic heterocycles. The van der Waals surface area contributed by atoms with Gasteiger partial charge in [-0.15, -0.1) is 1.43 Å². The molecule has 2 heteroatoms.